The number of hydrogen-bond donors (Lipinski definition) is 0. The second-order valence-corrected chi connectivity index (χ2v) is 11.5. The van der Waals surface area contributed by atoms with Gasteiger partial charge in [0, 0.05) is 25.4 Å². The van der Waals surface area contributed by atoms with Gasteiger partial charge in [-0.3, -0.25) is 4.79 Å². The Hall–Kier alpha value is -1.99. The summed E-state index contributed by atoms with van der Waals surface area (Å²) in [4.78, 5) is 16.4. The van der Waals surface area contributed by atoms with Crippen LogP contribution in [0.3, 0.4) is 0 Å². The zero-order chi connectivity index (χ0) is 27.7. The molecule has 0 aliphatic carbocycles. The summed E-state index contributed by atoms with van der Waals surface area (Å²) < 4.78 is 20.5. The number of thioether (sulfide) groups is 1. The fourth-order valence-electron chi connectivity index (χ4n) is 4.92. The molecule has 0 radical (unpaired) electrons. The Morgan fingerprint density at radius 3 is 2.20 bits per heavy atom. The number of nitrogens with zero attached hydrogens (tertiary/aromatic N) is 2. The second kappa shape index (κ2) is 20.0. The van der Waals surface area contributed by atoms with E-state index in [9.17, 15) is 9.18 Å². The Balaban J connectivity index is 0.00000560. The van der Waals surface area contributed by atoms with E-state index in [1.54, 1.807) is 29.7 Å². The van der Waals surface area contributed by atoms with Gasteiger partial charge in [-0.2, -0.15) is 0 Å². The van der Waals surface area contributed by atoms with Gasteiger partial charge in [0.15, 0.2) is 11.6 Å². The predicted octanol–water partition coefficient (Wildman–Crippen LogP) is 10.0. The van der Waals surface area contributed by atoms with Gasteiger partial charge in [-0.1, -0.05) is 95.8 Å². The lowest BCUT2D eigenvalue weighted by Gasteiger charge is -2.23. The first-order valence-electron chi connectivity index (χ1n) is 14.9. The minimum atomic E-state index is -0.373. The maximum atomic E-state index is 14.8. The number of carbonyl (C=O) groups excluding carboxylic acids is 1. The molecule has 1 aliphatic heterocycles. The van der Waals surface area contributed by atoms with Gasteiger partial charge in [0.05, 0.1) is 19.0 Å². The number of carbonyl (C=O) groups is 1. The van der Waals surface area contributed by atoms with Crippen LogP contribution in [0.2, 0.25) is 0 Å². The molecule has 0 spiro atoms. The number of unbranched alkanes of at least 4 members (excludes halogenated alkanes) is 11. The molecular weight excluding hydrogens is 587 g/mol. The molecule has 40 heavy (non-hydrogen) atoms. The Bertz CT molecular complexity index is 1040. The molecule has 222 valence electrons. The summed E-state index contributed by atoms with van der Waals surface area (Å²) in [6.07, 6.45) is 17.5. The van der Waals surface area contributed by atoms with Gasteiger partial charge in [-0.05, 0) is 47.2 Å². The SMILES string of the molecule is Br.CCCCCCCCCCCCCCOc1ccc(CN(C(C)=O)c2cccc(CN3C=CSC3)c2)cc1F. The van der Waals surface area contributed by atoms with Crippen LogP contribution in [0.4, 0.5) is 10.1 Å². The Morgan fingerprint density at radius 2 is 1.60 bits per heavy atom. The monoisotopic (exact) mass is 634 g/mol. The maximum absolute atomic E-state index is 14.8. The van der Waals surface area contributed by atoms with Gasteiger partial charge in [-0.25, -0.2) is 4.39 Å². The van der Waals surface area contributed by atoms with Crippen molar-refractivity contribution in [1.29, 1.82) is 0 Å². The van der Waals surface area contributed by atoms with Gasteiger partial charge in [0.2, 0.25) is 5.91 Å². The first-order chi connectivity index (χ1) is 19.1. The Kier molecular flexibility index (Phi) is 17.1. The fraction of sp³-hybridized carbons (Fsp3) is 0.545. The van der Waals surface area contributed by atoms with Gasteiger partial charge >= 0.3 is 0 Å². The summed E-state index contributed by atoms with van der Waals surface area (Å²) in [5.41, 5.74) is 2.70. The van der Waals surface area contributed by atoms with E-state index in [1.807, 2.05) is 24.3 Å². The zero-order valence-corrected chi connectivity index (χ0v) is 26.9. The number of anilines is 1. The molecule has 0 bridgehead atoms. The van der Waals surface area contributed by atoms with E-state index in [0.717, 1.165) is 42.1 Å². The third-order valence-corrected chi connectivity index (χ3v) is 7.98. The van der Waals surface area contributed by atoms with Crippen molar-refractivity contribution in [3.63, 3.8) is 0 Å². The molecule has 3 rings (SSSR count). The number of halogens is 2. The number of amides is 1. The van der Waals surface area contributed by atoms with Crippen LogP contribution in [0.1, 0.15) is 102 Å². The van der Waals surface area contributed by atoms with Gasteiger partial charge < -0.3 is 14.5 Å². The number of rotatable bonds is 19. The van der Waals surface area contributed by atoms with E-state index in [1.165, 1.54) is 70.3 Å². The molecule has 0 saturated carbocycles. The number of benzene rings is 2. The third-order valence-electron chi connectivity index (χ3n) is 7.19. The minimum Gasteiger partial charge on any atom is -0.491 e. The normalized spacial score (nSPS) is 12.4. The molecule has 1 aliphatic rings. The molecule has 0 aromatic heterocycles. The summed E-state index contributed by atoms with van der Waals surface area (Å²) in [7, 11) is 0. The van der Waals surface area contributed by atoms with Crippen molar-refractivity contribution in [2.45, 2.75) is 104 Å². The Morgan fingerprint density at radius 1 is 0.925 bits per heavy atom. The molecule has 0 unspecified atom stereocenters. The van der Waals surface area contributed by atoms with Gasteiger partial charge in [-0.15, -0.1) is 28.7 Å². The lowest BCUT2D eigenvalue weighted by atomic mass is 10.1. The van der Waals surface area contributed by atoms with Crippen molar-refractivity contribution in [2.75, 3.05) is 17.4 Å². The third kappa shape index (κ3) is 12.7. The highest BCUT2D eigenvalue weighted by Crippen LogP contribution is 2.25. The van der Waals surface area contributed by atoms with Crippen LogP contribution in [-0.2, 0) is 17.9 Å². The molecule has 4 nitrogen and oxygen atoms in total. The van der Waals surface area contributed by atoms with Gasteiger partial charge in [0.25, 0.3) is 0 Å². The summed E-state index contributed by atoms with van der Waals surface area (Å²) in [5.74, 6) is 0.779. The quantitative estimate of drug-likeness (QED) is 0.144. The predicted molar refractivity (Wildman–Crippen MR) is 174 cm³/mol. The summed E-state index contributed by atoms with van der Waals surface area (Å²) in [5, 5.41) is 2.09. The smallest absolute Gasteiger partial charge is 0.224 e. The molecule has 0 N–H and O–H groups in total. The van der Waals surface area contributed by atoms with Crippen molar-refractivity contribution in [1.82, 2.24) is 4.90 Å². The van der Waals surface area contributed by atoms with Crippen molar-refractivity contribution in [3.8, 4) is 5.75 Å². The molecule has 0 fully saturated rings. The first kappa shape index (κ1) is 34.2. The number of hydrogen-bond acceptors (Lipinski definition) is 4. The second-order valence-electron chi connectivity index (χ2n) is 10.6. The topological polar surface area (TPSA) is 32.8 Å². The molecule has 0 saturated heterocycles. The lowest BCUT2D eigenvalue weighted by Crippen LogP contribution is -2.28. The van der Waals surface area contributed by atoms with Crippen LogP contribution in [0, 0.1) is 5.82 Å². The minimum absolute atomic E-state index is 0. The first-order valence-corrected chi connectivity index (χ1v) is 15.9. The molecule has 2 aromatic carbocycles. The van der Waals surface area contributed by atoms with Crippen LogP contribution in [0.15, 0.2) is 54.1 Å². The molecule has 2 aromatic rings. The Labute approximate surface area is 256 Å². The highest BCUT2D eigenvalue weighted by Gasteiger charge is 2.15. The highest BCUT2D eigenvalue weighted by atomic mass is 79.9. The highest BCUT2D eigenvalue weighted by molar-refractivity contribution is 8.93. The van der Waals surface area contributed by atoms with E-state index in [0.29, 0.717) is 13.2 Å². The van der Waals surface area contributed by atoms with Gasteiger partial charge in [0.1, 0.15) is 0 Å². The average Bonchev–Trinajstić information content (AvgIpc) is 3.44. The maximum Gasteiger partial charge on any atom is 0.224 e. The lowest BCUT2D eigenvalue weighted by molar-refractivity contribution is -0.116. The summed E-state index contributed by atoms with van der Waals surface area (Å²) in [6, 6.07) is 13.1. The van der Waals surface area contributed by atoms with Crippen LogP contribution >= 0.6 is 28.7 Å². The average molecular weight is 636 g/mol. The molecule has 7 heteroatoms. The standard InChI is InChI=1S/C33H47FN2O2S.BrH/c1-3-4-5-6-7-8-9-10-11-12-13-14-21-38-33-19-18-30(24-32(33)34)26-36(28(2)37)31-17-15-16-29(23-31)25-35-20-22-39-27-35;/h15-20,22-24H,3-14,21,25-27H2,1-2H3;1H. The van der Waals surface area contributed by atoms with Crippen molar-refractivity contribution in [2.24, 2.45) is 0 Å². The van der Waals surface area contributed by atoms with E-state index in [-0.39, 0.29) is 34.5 Å². The van der Waals surface area contributed by atoms with E-state index >= 15 is 0 Å². The van der Waals surface area contributed by atoms with E-state index in [4.69, 9.17) is 4.74 Å². The molecular formula is C33H48BrFN2O2S. The largest absolute Gasteiger partial charge is 0.491 e. The molecule has 1 heterocycles. The summed E-state index contributed by atoms with van der Waals surface area (Å²) in [6.45, 7) is 5.45. The molecule has 0 atom stereocenters. The van der Waals surface area contributed by atoms with Crippen LogP contribution in [-0.4, -0.2) is 23.3 Å². The van der Waals surface area contributed by atoms with Crippen molar-refractivity contribution >= 4 is 40.3 Å². The van der Waals surface area contributed by atoms with Crippen LogP contribution in [0.5, 0.6) is 5.75 Å². The van der Waals surface area contributed by atoms with Crippen LogP contribution < -0.4 is 9.64 Å². The zero-order valence-electron chi connectivity index (χ0n) is 24.4. The van der Waals surface area contributed by atoms with E-state index in [2.05, 4.69) is 29.5 Å². The summed E-state index contributed by atoms with van der Waals surface area (Å²) >= 11 is 1.77. The van der Waals surface area contributed by atoms with E-state index < -0.39 is 0 Å². The van der Waals surface area contributed by atoms with Crippen LogP contribution in [0.25, 0.3) is 0 Å². The van der Waals surface area contributed by atoms with Crippen molar-refractivity contribution in [3.05, 3.63) is 71.0 Å². The number of ether oxygens (including phenoxy) is 1. The van der Waals surface area contributed by atoms with Crippen molar-refractivity contribution < 1.29 is 13.9 Å². The fourth-order valence-corrected chi connectivity index (χ4v) is 5.63. The molecule has 1 amide bonds.